The van der Waals surface area contributed by atoms with Crippen molar-refractivity contribution < 1.29 is 44.5 Å². The molecule has 1 aromatic carbocycles. The molecule has 6 atom stereocenters. The summed E-state index contributed by atoms with van der Waals surface area (Å²) in [4.78, 5) is 37.9. The summed E-state index contributed by atoms with van der Waals surface area (Å²) in [5, 5.41) is 13.0. The molecule has 204 valence electrons. The number of benzene rings is 1. The quantitative estimate of drug-likeness (QED) is 0.295. The smallest absolute Gasteiger partial charge is 0.459 e. The predicted octanol–water partition coefficient (Wildman–Crippen LogP) is 1.80. The van der Waals surface area contributed by atoms with Gasteiger partial charge in [0.1, 0.15) is 29.8 Å². The first-order valence-electron chi connectivity index (χ1n) is 12.1. The molecule has 0 spiro atoms. The van der Waals surface area contributed by atoms with Gasteiger partial charge in [0.05, 0.1) is 15.5 Å². The number of aliphatic hydroxyl groups excluding tert-OH is 1. The van der Waals surface area contributed by atoms with E-state index in [-0.39, 0.29) is 5.75 Å². The summed E-state index contributed by atoms with van der Waals surface area (Å²) < 4.78 is 79.6. The van der Waals surface area contributed by atoms with Gasteiger partial charge in [-0.05, 0) is 52.0 Å². The highest BCUT2D eigenvalue weighted by atomic mass is 31.2. The number of carbonyl (C=O) groups excluding carboxylic acids is 1. The normalized spacial score (nSPS) is 26.8. The number of hydrogen-bond donors (Lipinski definition) is 3. The van der Waals surface area contributed by atoms with Crippen molar-refractivity contribution in [2.24, 2.45) is 0 Å². The molecule has 1 aromatic heterocycles. The minimum Gasteiger partial charge on any atom is -0.462 e. The molecule has 15 heteroatoms. The van der Waals surface area contributed by atoms with Gasteiger partial charge in [-0.25, -0.2) is 18.1 Å². The first kappa shape index (κ1) is 25.7. The Hall–Kier alpha value is -2.90. The van der Waals surface area contributed by atoms with Crippen LogP contribution in [0.15, 0.2) is 46.1 Å². The van der Waals surface area contributed by atoms with E-state index in [1.807, 2.05) is 0 Å². The lowest BCUT2D eigenvalue weighted by molar-refractivity contribution is -0.149. The molecule has 2 heterocycles. The Morgan fingerprint density at radius 1 is 1.35 bits per heavy atom. The monoisotopic (exact) mass is 549 g/mol. The number of nitrogens with one attached hydrogen (secondary N) is 2. The van der Waals surface area contributed by atoms with Crippen LogP contribution in [0.25, 0.3) is 0 Å². The van der Waals surface area contributed by atoms with Crippen LogP contribution in [0.1, 0.15) is 36.7 Å². The van der Waals surface area contributed by atoms with Crippen molar-refractivity contribution in [3.8, 4) is 5.75 Å². The topological polar surface area (TPSA) is 158 Å². The number of esters is 1. The molecule has 12 nitrogen and oxygen atoms in total. The number of H-pyrrole nitrogens is 1. The largest absolute Gasteiger partial charge is 0.462 e. The number of aliphatic hydroxyl groups is 1. The molecule has 1 saturated heterocycles. The Labute approximate surface area is 212 Å². The Balaban J connectivity index is 1.86. The third-order valence-electron chi connectivity index (χ3n) is 5.19. The van der Waals surface area contributed by atoms with Crippen LogP contribution in [0.2, 0.25) is 0 Å². The first-order valence-corrected chi connectivity index (χ1v) is 12.6. The van der Waals surface area contributed by atoms with Crippen molar-refractivity contribution in [2.45, 2.75) is 63.9 Å². The van der Waals surface area contributed by atoms with Crippen LogP contribution in [0, 0.1) is 5.82 Å². The molecular weight excluding hydrogens is 519 g/mol. The molecule has 0 saturated carbocycles. The molecule has 2 unspecified atom stereocenters. The van der Waals surface area contributed by atoms with E-state index in [0.29, 0.717) is 4.57 Å². The van der Waals surface area contributed by atoms with Crippen LogP contribution in [0.4, 0.5) is 8.78 Å². The van der Waals surface area contributed by atoms with Crippen LogP contribution < -0.4 is 20.9 Å². The maximum Gasteiger partial charge on any atom is 0.459 e. The second-order valence-corrected chi connectivity index (χ2v) is 10.4. The van der Waals surface area contributed by atoms with Crippen LogP contribution in [0.3, 0.4) is 0 Å². The minimum atomic E-state index is -4.53. The number of carbonyl (C=O) groups is 1. The number of hydrogen-bond acceptors (Lipinski definition) is 9. The molecule has 0 radical (unpaired) electrons. The number of rotatable bonds is 10. The zero-order valence-electron chi connectivity index (χ0n) is 22.3. The summed E-state index contributed by atoms with van der Waals surface area (Å²) in [5.74, 6) is -1.55. The molecule has 0 aliphatic carbocycles. The fraction of sp³-hybridized carbons (Fsp3) is 0.500. The Morgan fingerprint density at radius 3 is 2.62 bits per heavy atom. The van der Waals surface area contributed by atoms with Crippen molar-refractivity contribution in [1.29, 1.82) is 0 Å². The number of halogens is 2. The zero-order valence-corrected chi connectivity index (χ0v) is 21.2. The SMILES string of the molecule is [2H]c1c([2H])n([C@@H]2O[C@H](COP(=O)(NC(C)C(=O)OC(C)C)Oc3ccc(F)cc3)[C@@H](O)[C@@]2(C)F)c(=O)[nH]c1=O. The first-order chi connectivity index (χ1) is 18.1. The van der Waals surface area contributed by atoms with Crippen molar-refractivity contribution in [2.75, 3.05) is 6.61 Å². The maximum absolute atomic E-state index is 15.6. The third-order valence-corrected chi connectivity index (χ3v) is 6.83. The Kier molecular flexibility index (Phi) is 7.81. The van der Waals surface area contributed by atoms with Gasteiger partial charge in [0.25, 0.3) is 5.56 Å². The lowest BCUT2D eigenvalue weighted by Crippen LogP contribution is -2.43. The molecule has 3 rings (SSSR count). The highest BCUT2D eigenvalue weighted by Crippen LogP contribution is 2.47. The molecule has 1 aliphatic heterocycles. The molecule has 3 N–H and O–H groups in total. The maximum atomic E-state index is 15.6. The number of aromatic nitrogens is 2. The van der Waals surface area contributed by atoms with Gasteiger partial charge in [-0.2, -0.15) is 5.09 Å². The number of aromatic amines is 1. The van der Waals surface area contributed by atoms with Crippen molar-refractivity contribution in [3.63, 3.8) is 0 Å². The van der Waals surface area contributed by atoms with Gasteiger partial charge in [-0.15, -0.1) is 0 Å². The third kappa shape index (κ3) is 6.90. The number of ether oxygens (including phenoxy) is 2. The Bertz CT molecular complexity index is 1370. The molecule has 0 bridgehead atoms. The van der Waals surface area contributed by atoms with Gasteiger partial charge in [0, 0.05) is 12.2 Å². The molecule has 1 fully saturated rings. The zero-order chi connectivity index (χ0) is 29.3. The fourth-order valence-electron chi connectivity index (χ4n) is 3.36. The second-order valence-electron chi connectivity index (χ2n) is 8.66. The molecular formula is C22H28F2N3O9P. The standard InChI is InChI=1S/C22H28F2N3O9P/c1-12(2)34-19(30)13(3)26-37(32,36-15-7-5-14(23)6-8-15)33-11-16-18(29)22(4,24)20(35-16)27-10-9-17(28)25-21(27)31/h5-10,12-13,16,18,20,29H,11H2,1-4H3,(H,26,32)(H,25,28,31)/t13?,16-,18-,20-,22-,37?/m1/s1/i9D,10D. The lowest BCUT2D eigenvalue weighted by Gasteiger charge is -2.25. The van der Waals surface area contributed by atoms with Gasteiger partial charge in [0.15, 0.2) is 11.9 Å². The second kappa shape index (κ2) is 11.2. The van der Waals surface area contributed by atoms with Gasteiger partial charge >= 0.3 is 19.4 Å². The van der Waals surface area contributed by atoms with Crippen LogP contribution in [-0.2, 0) is 23.4 Å². The summed E-state index contributed by atoms with van der Waals surface area (Å²) in [6.07, 6.45) is -7.06. The van der Waals surface area contributed by atoms with Crippen LogP contribution in [0.5, 0.6) is 5.75 Å². The van der Waals surface area contributed by atoms with Crippen molar-refractivity contribution in [1.82, 2.24) is 14.6 Å². The van der Waals surface area contributed by atoms with Crippen LogP contribution in [-0.4, -0.2) is 57.3 Å². The average Bonchev–Trinajstić information content (AvgIpc) is 3.06. The Morgan fingerprint density at radius 2 is 2.00 bits per heavy atom. The highest BCUT2D eigenvalue weighted by Gasteiger charge is 2.55. The van der Waals surface area contributed by atoms with E-state index >= 15 is 4.39 Å². The van der Waals surface area contributed by atoms with E-state index in [0.717, 1.165) is 31.2 Å². The van der Waals surface area contributed by atoms with Gasteiger partial charge in [0.2, 0.25) is 0 Å². The van der Waals surface area contributed by atoms with Crippen LogP contribution >= 0.6 is 7.75 Å². The summed E-state index contributed by atoms with van der Waals surface area (Å²) in [6.45, 7) is 4.53. The highest BCUT2D eigenvalue weighted by molar-refractivity contribution is 7.52. The van der Waals surface area contributed by atoms with Gasteiger partial charge in [-0.1, -0.05) is 0 Å². The molecule has 0 amide bonds. The fourth-order valence-corrected chi connectivity index (χ4v) is 4.86. The molecule has 37 heavy (non-hydrogen) atoms. The van der Waals surface area contributed by atoms with Crippen molar-refractivity contribution in [3.05, 3.63) is 63.1 Å². The molecule has 1 aliphatic rings. The average molecular weight is 549 g/mol. The van der Waals surface area contributed by atoms with Crippen molar-refractivity contribution >= 4 is 13.7 Å². The van der Waals surface area contributed by atoms with E-state index < -0.39 is 85.9 Å². The molecule has 2 aromatic rings. The summed E-state index contributed by atoms with van der Waals surface area (Å²) in [5.41, 5.74) is -5.18. The van der Waals surface area contributed by atoms with E-state index in [1.54, 1.807) is 18.8 Å². The number of nitrogens with zero attached hydrogens (tertiary/aromatic N) is 1. The summed E-state index contributed by atoms with van der Waals surface area (Å²) in [7, 11) is -4.53. The summed E-state index contributed by atoms with van der Waals surface area (Å²) in [6, 6.07) is 2.12. The summed E-state index contributed by atoms with van der Waals surface area (Å²) >= 11 is 0. The minimum absolute atomic E-state index is 0.126. The van der Waals surface area contributed by atoms with E-state index in [2.05, 4.69) is 5.09 Å². The van der Waals surface area contributed by atoms with Gasteiger partial charge in [-0.3, -0.25) is 23.7 Å². The lowest BCUT2D eigenvalue weighted by atomic mass is 9.98. The van der Waals surface area contributed by atoms with E-state index in [1.165, 1.54) is 6.92 Å². The van der Waals surface area contributed by atoms with E-state index in [9.17, 15) is 28.4 Å². The number of alkyl halides is 1. The van der Waals surface area contributed by atoms with Gasteiger partial charge < -0.3 is 19.1 Å². The predicted molar refractivity (Wildman–Crippen MR) is 125 cm³/mol. The van der Waals surface area contributed by atoms with E-state index in [4.69, 9.17) is 21.3 Å².